The van der Waals surface area contributed by atoms with Crippen molar-refractivity contribution in [3.8, 4) is 0 Å². The fourth-order valence-electron chi connectivity index (χ4n) is 1.63. The van der Waals surface area contributed by atoms with Crippen molar-refractivity contribution in [2.24, 2.45) is 5.41 Å². The molecule has 0 amide bonds. The van der Waals surface area contributed by atoms with Gasteiger partial charge in [-0.3, -0.25) is 4.79 Å². The fraction of sp³-hybridized carbons (Fsp3) is 0.909. The van der Waals surface area contributed by atoms with Crippen molar-refractivity contribution in [3.63, 3.8) is 0 Å². The van der Waals surface area contributed by atoms with Crippen LogP contribution in [0.2, 0.25) is 0 Å². The number of nitrogens with zero attached hydrogens (tertiary/aromatic N) is 1. The first-order chi connectivity index (χ1) is 6.52. The minimum absolute atomic E-state index is 0.172. The monoisotopic (exact) mass is 215 g/mol. The van der Waals surface area contributed by atoms with Gasteiger partial charge in [0.05, 0.1) is 0 Å². The molecule has 2 nitrogen and oxygen atoms in total. The van der Waals surface area contributed by atoms with Gasteiger partial charge in [-0.1, -0.05) is 13.8 Å². The van der Waals surface area contributed by atoms with E-state index in [9.17, 15) is 4.79 Å². The van der Waals surface area contributed by atoms with Gasteiger partial charge in [-0.25, -0.2) is 0 Å². The van der Waals surface area contributed by atoms with Gasteiger partial charge < -0.3 is 4.90 Å². The number of hydrogen-bond acceptors (Lipinski definition) is 3. The minimum Gasteiger partial charge on any atom is -0.302 e. The third-order valence-electron chi connectivity index (χ3n) is 2.89. The second-order valence-corrected chi connectivity index (χ2v) is 5.91. The van der Waals surface area contributed by atoms with Crippen molar-refractivity contribution in [3.05, 3.63) is 0 Å². The third kappa shape index (κ3) is 3.62. The second kappa shape index (κ2) is 5.17. The van der Waals surface area contributed by atoms with Crippen LogP contribution < -0.4 is 0 Å². The molecule has 0 aromatic heterocycles. The van der Waals surface area contributed by atoms with E-state index in [4.69, 9.17) is 0 Å². The summed E-state index contributed by atoms with van der Waals surface area (Å²) in [5.41, 5.74) is -0.172. The third-order valence-corrected chi connectivity index (χ3v) is 3.94. The molecule has 0 spiro atoms. The Kier molecular flexibility index (Phi) is 4.45. The van der Waals surface area contributed by atoms with Gasteiger partial charge in [0.2, 0.25) is 0 Å². The lowest BCUT2D eigenvalue weighted by molar-refractivity contribution is -0.125. The molecule has 1 aliphatic heterocycles. The van der Waals surface area contributed by atoms with E-state index in [0.717, 1.165) is 19.6 Å². The molecule has 0 unspecified atom stereocenters. The lowest BCUT2D eigenvalue weighted by Crippen LogP contribution is -2.39. The molecule has 0 aliphatic carbocycles. The van der Waals surface area contributed by atoms with Crippen LogP contribution in [0.5, 0.6) is 0 Å². The zero-order chi connectivity index (χ0) is 10.6. The molecule has 1 aliphatic rings. The molecule has 0 saturated carbocycles. The highest BCUT2D eigenvalue weighted by molar-refractivity contribution is 7.99. The van der Waals surface area contributed by atoms with Gasteiger partial charge in [0.25, 0.3) is 0 Å². The summed E-state index contributed by atoms with van der Waals surface area (Å²) in [6.45, 7) is 9.02. The van der Waals surface area contributed by atoms with Crippen molar-refractivity contribution in [2.75, 3.05) is 31.1 Å². The molecule has 0 atom stereocenters. The molecule has 14 heavy (non-hydrogen) atoms. The molecular formula is C11H21NOS. The highest BCUT2D eigenvalue weighted by atomic mass is 32.2. The van der Waals surface area contributed by atoms with Crippen molar-refractivity contribution in [2.45, 2.75) is 27.2 Å². The van der Waals surface area contributed by atoms with E-state index < -0.39 is 0 Å². The van der Waals surface area contributed by atoms with Crippen LogP contribution in [0.15, 0.2) is 0 Å². The first-order valence-electron chi connectivity index (χ1n) is 5.33. The Bertz CT molecular complexity index is 195. The van der Waals surface area contributed by atoms with Gasteiger partial charge in [0.15, 0.2) is 0 Å². The zero-order valence-corrected chi connectivity index (χ0v) is 10.3. The van der Waals surface area contributed by atoms with Gasteiger partial charge in [-0.15, -0.1) is 0 Å². The average molecular weight is 215 g/mol. The molecule has 1 fully saturated rings. The van der Waals surface area contributed by atoms with Crippen molar-refractivity contribution in [1.82, 2.24) is 4.90 Å². The molecule has 0 aromatic rings. The van der Waals surface area contributed by atoms with Crippen LogP contribution in [0.25, 0.3) is 0 Å². The minimum atomic E-state index is -0.172. The summed E-state index contributed by atoms with van der Waals surface area (Å²) in [5.74, 6) is 2.79. The Morgan fingerprint density at radius 1 is 1.36 bits per heavy atom. The van der Waals surface area contributed by atoms with Crippen LogP contribution in [-0.2, 0) is 4.79 Å². The molecule has 0 radical (unpaired) electrons. The zero-order valence-electron chi connectivity index (χ0n) is 9.51. The second-order valence-electron chi connectivity index (χ2n) is 4.68. The maximum atomic E-state index is 11.4. The molecular weight excluding hydrogens is 194 g/mol. The fourth-order valence-corrected chi connectivity index (χ4v) is 2.55. The van der Waals surface area contributed by atoms with E-state index >= 15 is 0 Å². The summed E-state index contributed by atoms with van der Waals surface area (Å²) in [5, 5.41) is 0. The Balaban J connectivity index is 2.45. The largest absolute Gasteiger partial charge is 0.302 e. The Hall–Kier alpha value is -0.0200. The molecule has 1 rings (SSSR count). The van der Waals surface area contributed by atoms with Gasteiger partial charge in [0.1, 0.15) is 5.78 Å². The van der Waals surface area contributed by atoms with Crippen LogP contribution >= 0.6 is 11.8 Å². The molecule has 0 bridgehead atoms. The van der Waals surface area contributed by atoms with E-state index in [-0.39, 0.29) is 5.41 Å². The standard InChI is InChI=1S/C11H21NOS/c1-10(13)11(2,3)9-12-5-4-7-14-8-6-12/h4-9H2,1-3H3. The maximum Gasteiger partial charge on any atom is 0.136 e. The lowest BCUT2D eigenvalue weighted by atomic mass is 9.88. The summed E-state index contributed by atoms with van der Waals surface area (Å²) in [4.78, 5) is 13.8. The smallest absolute Gasteiger partial charge is 0.136 e. The number of thioether (sulfide) groups is 1. The summed E-state index contributed by atoms with van der Waals surface area (Å²) in [6.07, 6.45) is 1.26. The lowest BCUT2D eigenvalue weighted by Gasteiger charge is -2.29. The molecule has 1 saturated heterocycles. The number of ketones is 1. The number of hydrogen-bond donors (Lipinski definition) is 0. The van der Waals surface area contributed by atoms with Crippen LogP contribution in [-0.4, -0.2) is 41.8 Å². The predicted molar refractivity (Wildman–Crippen MR) is 62.8 cm³/mol. The van der Waals surface area contributed by atoms with E-state index in [1.807, 2.05) is 25.6 Å². The Labute approximate surface area is 91.4 Å². The summed E-state index contributed by atoms with van der Waals surface area (Å²) < 4.78 is 0. The predicted octanol–water partition coefficient (Wildman–Crippen LogP) is 2.04. The highest BCUT2D eigenvalue weighted by Crippen LogP contribution is 2.20. The molecule has 0 N–H and O–H groups in total. The summed E-state index contributed by atoms with van der Waals surface area (Å²) in [7, 11) is 0. The number of Topliss-reactive ketones (excluding diaryl/α,β-unsaturated/α-hetero) is 1. The molecule has 1 heterocycles. The highest BCUT2D eigenvalue weighted by Gasteiger charge is 2.26. The van der Waals surface area contributed by atoms with Gasteiger partial charge in [-0.2, -0.15) is 11.8 Å². The molecule has 3 heteroatoms. The van der Waals surface area contributed by atoms with Gasteiger partial charge in [-0.05, 0) is 25.6 Å². The van der Waals surface area contributed by atoms with E-state index in [2.05, 4.69) is 4.90 Å². The Morgan fingerprint density at radius 3 is 2.71 bits per heavy atom. The van der Waals surface area contributed by atoms with Crippen molar-refractivity contribution in [1.29, 1.82) is 0 Å². The number of carbonyl (C=O) groups is 1. The van der Waals surface area contributed by atoms with Crippen LogP contribution in [0.4, 0.5) is 0 Å². The van der Waals surface area contributed by atoms with Crippen LogP contribution in [0.1, 0.15) is 27.2 Å². The topological polar surface area (TPSA) is 20.3 Å². The Morgan fingerprint density at radius 2 is 2.07 bits per heavy atom. The van der Waals surface area contributed by atoms with E-state index in [1.165, 1.54) is 17.9 Å². The van der Waals surface area contributed by atoms with Crippen molar-refractivity contribution < 1.29 is 4.79 Å². The SMILES string of the molecule is CC(=O)C(C)(C)CN1CCCSCC1. The molecule has 82 valence electrons. The number of carbonyl (C=O) groups excluding carboxylic acids is 1. The van der Waals surface area contributed by atoms with Crippen LogP contribution in [0.3, 0.4) is 0 Å². The van der Waals surface area contributed by atoms with Gasteiger partial charge in [0, 0.05) is 24.3 Å². The van der Waals surface area contributed by atoms with E-state index in [1.54, 1.807) is 6.92 Å². The summed E-state index contributed by atoms with van der Waals surface area (Å²) >= 11 is 2.03. The average Bonchev–Trinajstić information content (AvgIpc) is 2.32. The van der Waals surface area contributed by atoms with Gasteiger partial charge >= 0.3 is 0 Å². The summed E-state index contributed by atoms with van der Waals surface area (Å²) in [6, 6.07) is 0. The van der Waals surface area contributed by atoms with Crippen molar-refractivity contribution >= 4 is 17.5 Å². The quantitative estimate of drug-likeness (QED) is 0.718. The first kappa shape index (κ1) is 12.1. The molecule has 0 aromatic carbocycles. The number of rotatable bonds is 3. The first-order valence-corrected chi connectivity index (χ1v) is 6.49. The van der Waals surface area contributed by atoms with Crippen LogP contribution in [0, 0.1) is 5.41 Å². The van der Waals surface area contributed by atoms with E-state index in [0.29, 0.717) is 5.78 Å². The maximum absolute atomic E-state index is 11.4. The normalized spacial score (nSPS) is 20.5.